The fourth-order valence-electron chi connectivity index (χ4n) is 2.36. The molecule has 3 aromatic rings. The van der Waals surface area contributed by atoms with E-state index >= 15 is 0 Å². The van der Waals surface area contributed by atoms with Crippen molar-refractivity contribution in [3.05, 3.63) is 70.0 Å². The van der Waals surface area contributed by atoms with Crippen molar-refractivity contribution in [1.82, 2.24) is 20.3 Å². The molecule has 1 N–H and O–H groups in total. The maximum absolute atomic E-state index is 12.5. The summed E-state index contributed by atoms with van der Waals surface area (Å²) in [6.45, 7) is -1.05. The molecule has 1 aromatic heterocycles. The molecular formula is C18H13F3N4O4. The fourth-order valence-corrected chi connectivity index (χ4v) is 2.36. The Morgan fingerprint density at radius 3 is 2.45 bits per heavy atom. The number of benzene rings is 2. The maximum atomic E-state index is 12.5. The van der Waals surface area contributed by atoms with Crippen LogP contribution in [0, 0.1) is 0 Å². The number of carbonyl (C=O) groups excluding carboxylic acids is 2. The highest BCUT2D eigenvalue weighted by Crippen LogP contribution is 2.29. The van der Waals surface area contributed by atoms with Crippen molar-refractivity contribution in [3.63, 3.8) is 0 Å². The number of carbonyl (C=O) groups is 2. The van der Waals surface area contributed by atoms with Gasteiger partial charge in [0.1, 0.15) is 12.1 Å². The van der Waals surface area contributed by atoms with Crippen LogP contribution in [-0.2, 0) is 22.4 Å². The minimum absolute atomic E-state index is 0.0533. The summed E-state index contributed by atoms with van der Waals surface area (Å²) in [5.74, 6) is -1.62. The number of alkyl halides is 3. The lowest BCUT2D eigenvalue weighted by atomic mass is 10.1. The van der Waals surface area contributed by atoms with Crippen LogP contribution in [0.1, 0.15) is 15.9 Å². The SMILES string of the molecule is O=C(CNC(=O)c1ccc(C(F)(F)F)cc1)OCn1nnc2ccccc2c1=O. The smallest absolute Gasteiger partial charge is 0.416 e. The highest BCUT2D eigenvalue weighted by molar-refractivity contribution is 5.95. The van der Waals surface area contributed by atoms with Crippen molar-refractivity contribution in [2.24, 2.45) is 0 Å². The van der Waals surface area contributed by atoms with Gasteiger partial charge in [0.05, 0.1) is 10.9 Å². The molecule has 0 bridgehead atoms. The van der Waals surface area contributed by atoms with E-state index in [9.17, 15) is 27.6 Å². The molecule has 150 valence electrons. The van der Waals surface area contributed by atoms with E-state index < -0.39 is 42.5 Å². The number of halogens is 3. The summed E-state index contributed by atoms with van der Waals surface area (Å²) in [6, 6.07) is 10.0. The van der Waals surface area contributed by atoms with Crippen LogP contribution >= 0.6 is 0 Å². The fraction of sp³-hybridized carbons (Fsp3) is 0.167. The molecule has 0 aliphatic rings. The van der Waals surface area contributed by atoms with E-state index in [0.29, 0.717) is 10.9 Å². The summed E-state index contributed by atoms with van der Waals surface area (Å²) in [5, 5.41) is 10.00. The molecule has 0 spiro atoms. The largest absolute Gasteiger partial charge is 0.441 e. The lowest BCUT2D eigenvalue weighted by Gasteiger charge is -2.09. The van der Waals surface area contributed by atoms with E-state index in [4.69, 9.17) is 4.74 Å². The van der Waals surface area contributed by atoms with Gasteiger partial charge in [0.15, 0.2) is 6.73 Å². The highest BCUT2D eigenvalue weighted by Gasteiger charge is 2.30. The Kier molecular flexibility index (Phi) is 5.57. The average molecular weight is 406 g/mol. The lowest BCUT2D eigenvalue weighted by Crippen LogP contribution is -2.32. The normalized spacial score (nSPS) is 11.3. The second-order valence-corrected chi connectivity index (χ2v) is 5.81. The molecule has 0 saturated carbocycles. The van der Waals surface area contributed by atoms with E-state index in [0.717, 1.165) is 28.9 Å². The molecule has 0 aliphatic carbocycles. The Balaban J connectivity index is 1.54. The van der Waals surface area contributed by atoms with E-state index in [1.165, 1.54) is 0 Å². The summed E-state index contributed by atoms with van der Waals surface area (Å²) in [5.41, 5.74) is -1.06. The summed E-state index contributed by atoms with van der Waals surface area (Å²) >= 11 is 0. The zero-order chi connectivity index (χ0) is 21.0. The molecule has 0 saturated heterocycles. The van der Waals surface area contributed by atoms with Gasteiger partial charge in [0.25, 0.3) is 11.5 Å². The van der Waals surface area contributed by atoms with Gasteiger partial charge < -0.3 is 10.1 Å². The number of ether oxygens (including phenoxy) is 1. The molecule has 8 nitrogen and oxygen atoms in total. The van der Waals surface area contributed by atoms with Gasteiger partial charge in [-0.05, 0) is 36.4 Å². The molecule has 29 heavy (non-hydrogen) atoms. The number of aromatic nitrogens is 3. The molecule has 2 aromatic carbocycles. The van der Waals surface area contributed by atoms with Gasteiger partial charge in [-0.2, -0.15) is 17.9 Å². The minimum atomic E-state index is -4.51. The second-order valence-electron chi connectivity index (χ2n) is 5.81. The van der Waals surface area contributed by atoms with Crippen molar-refractivity contribution in [1.29, 1.82) is 0 Å². The standard InChI is InChI=1S/C18H13F3N4O4/c19-18(20,21)12-7-5-11(6-8-12)16(27)22-9-15(26)29-10-25-17(28)13-3-1-2-4-14(13)23-24-25/h1-8H,9-10H2,(H,22,27). The van der Waals surface area contributed by atoms with E-state index in [-0.39, 0.29) is 5.56 Å². The third-order valence-electron chi connectivity index (χ3n) is 3.84. The third-order valence-corrected chi connectivity index (χ3v) is 3.84. The second kappa shape index (κ2) is 8.09. The van der Waals surface area contributed by atoms with Crippen LogP contribution in [0.2, 0.25) is 0 Å². The first-order valence-electron chi connectivity index (χ1n) is 8.19. The molecule has 3 rings (SSSR count). The van der Waals surface area contributed by atoms with Gasteiger partial charge >= 0.3 is 12.1 Å². The van der Waals surface area contributed by atoms with Gasteiger partial charge in [-0.25, -0.2) is 0 Å². The molecule has 0 fully saturated rings. The Morgan fingerprint density at radius 2 is 1.76 bits per heavy atom. The number of esters is 1. The number of hydrogen-bond donors (Lipinski definition) is 1. The van der Waals surface area contributed by atoms with Gasteiger partial charge in [-0.1, -0.05) is 17.3 Å². The Hall–Kier alpha value is -3.76. The number of hydrogen-bond acceptors (Lipinski definition) is 6. The number of amides is 1. The van der Waals surface area contributed by atoms with Crippen LogP contribution in [0.5, 0.6) is 0 Å². The van der Waals surface area contributed by atoms with Crippen molar-refractivity contribution < 1.29 is 27.5 Å². The first kappa shape index (κ1) is 20.0. The molecule has 1 amide bonds. The molecule has 0 unspecified atom stereocenters. The van der Waals surface area contributed by atoms with Crippen molar-refractivity contribution in [2.45, 2.75) is 12.9 Å². The van der Waals surface area contributed by atoms with E-state index in [1.54, 1.807) is 24.3 Å². The molecule has 1 heterocycles. The molecule has 0 radical (unpaired) electrons. The highest BCUT2D eigenvalue weighted by atomic mass is 19.4. The number of fused-ring (bicyclic) bond motifs is 1. The van der Waals surface area contributed by atoms with Gasteiger partial charge in [-0.3, -0.25) is 14.4 Å². The van der Waals surface area contributed by atoms with Crippen molar-refractivity contribution >= 4 is 22.8 Å². The number of rotatable bonds is 5. The topological polar surface area (TPSA) is 103 Å². The quantitative estimate of drug-likeness (QED) is 0.648. The first-order valence-corrected chi connectivity index (χ1v) is 8.19. The predicted molar refractivity (Wildman–Crippen MR) is 93.7 cm³/mol. The summed E-state index contributed by atoms with van der Waals surface area (Å²) < 4.78 is 43.3. The van der Waals surface area contributed by atoms with Crippen LogP contribution in [-0.4, -0.2) is 33.4 Å². The maximum Gasteiger partial charge on any atom is 0.416 e. The van der Waals surface area contributed by atoms with Crippen molar-refractivity contribution in [2.75, 3.05) is 6.54 Å². The molecule has 11 heteroatoms. The van der Waals surface area contributed by atoms with E-state index in [2.05, 4.69) is 15.6 Å². The lowest BCUT2D eigenvalue weighted by molar-refractivity contribution is -0.146. The summed E-state index contributed by atoms with van der Waals surface area (Å²) in [6.07, 6.45) is -4.51. The van der Waals surface area contributed by atoms with Crippen molar-refractivity contribution in [3.8, 4) is 0 Å². The Bertz CT molecular complexity index is 1110. The van der Waals surface area contributed by atoms with Gasteiger partial charge in [-0.15, -0.1) is 5.10 Å². The predicted octanol–water partition coefficient (Wildman–Crippen LogP) is 1.74. The monoisotopic (exact) mass is 406 g/mol. The third kappa shape index (κ3) is 4.75. The van der Waals surface area contributed by atoms with Gasteiger partial charge in [0, 0.05) is 5.56 Å². The Morgan fingerprint density at radius 1 is 1.07 bits per heavy atom. The number of nitrogens with zero attached hydrogens (tertiary/aromatic N) is 3. The molecule has 0 aliphatic heterocycles. The van der Waals surface area contributed by atoms with E-state index in [1.807, 2.05) is 0 Å². The van der Waals surface area contributed by atoms with Crippen LogP contribution in [0.25, 0.3) is 10.9 Å². The summed E-state index contributed by atoms with van der Waals surface area (Å²) in [4.78, 5) is 35.9. The van der Waals surface area contributed by atoms with Crippen LogP contribution < -0.4 is 10.9 Å². The zero-order valence-corrected chi connectivity index (χ0v) is 14.6. The first-order chi connectivity index (χ1) is 13.8. The zero-order valence-electron chi connectivity index (χ0n) is 14.6. The minimum Gasteiger partial charge on any atom is -0.441 e. The number of nitrogens with one attached hydrogen (secondary N) is 1. The van der Waals surface area contributed by atoms with Crippen LogP contribution in [0.4, 0.5) is 13.2 Å². The Labute approximate surface area is 160 Å². The molecular weight excluding hydrogens is 393 g/mol. The average Bonchev–Trinajstić information content (AvgIpc) is 2.71. The molecule has 0 atom stereocenters. The summed E-state index contributed by atoms with van der Waals surface area (Å²) in [7, 11) is 0. The van der Waals surface area contributed by atoms with Gasteiger partial charge in [0.2, 0.25) is 0 Å². The van der Waals surface area contributed by atoms with Crippen LogP contribution in [0.3, 0.4) is 0 Å². The van der Waals surface area contributed by atoms with Crippen LogP contribution in [0.15, 0.2) is 53.3 Å².